The van der Waals surface area contributed by atoms with Crippen LogP contribution in [0.3, 0.4) is 0 Å². The Labute approximate surface area is 206 Å². The van der Waals surface area contributed by atoms with Gasteiger partial charge >= 0.3 is 0 Å². The molecule has 2 atom stereocenters. The number of hydrogen-bond acceptors (Lipinski definition) is 0. The second-order valence-electron chi connectivity index (χ2n) is 14.2. The van der Waals surface area contributed by atoms with E-state index < -0.39 is 0 Å². The first-order chi connectivity index (χ1) is 14.3. The summed E-state index contributed by atoms with van der Waals surface area (Å²) < 4.78 is 0. The van der Waals surface area contributed by atoms with Gasteiger partial charge in [0, 0.05) is 16.7 Å². The molecule has 0 aromatic heterocycles. The molecule has 0 saturated heterocycles. The van der Waals surface area contributed by atoms with Crippen LogP contribution in [0.1, 0.15) is 128 Å². The van der Waals surface area contributed by atoms with Gasteiger partial charge in [-0.1, -0.05) is 135 Å². The fourth-order valence-electron chi connectivity index (χ4n) is 4.48. The zero-order valence-corrected chi connectivity index (χ0v) is 24.2. The van der Waals surface area contributed by atoms with E-state index in [2.05, 4.69) is 135 Å². The molecule has 0 N–H and O–H groups in total. The van der Waals surface area contributed by atoms with Crippen molar-refractivity contribution in [3.63, 3.8) is 0 Å². The molecule has 0 bridgehead atoms. The van der Waals surface area contributed by atoms with Gasteiger partial charge in [-0.3, -0.25) is 0 Å². The van der Waals surface area contributed by atoms with Crippen molar-refractivity contribution in [2.45, 2.75) is 121 Å². The smallest absolute Gasteiger partial charge is 0.0295 e. The normalized spacial score (nSPS) is 22.2. The van der Waals surface area contributed by atoms with E-state index >= 15 is 0 Å². The highest BCUT2D eigenvalue weighted by atomic mass is 79.9. The van der Waals surface area contributed by atoms with Crippen LogP contribution in [0.5, 0.6) is 0 Å². The van der Waals surface area contributed by atoms with Crippen molar-refractivity contribution < 1.29 is 0 Å². The maximum absolute atomic E-state index is 4.09. The lowest BCUT2D eigenvalue weighted by Crippen LogP contribution is -2.17. The zero-order valence-electron chi connectivity index (χ0n) is 22.6. The van der Waals surface area contributed by atoms with Crippen molar-refractivity contribution in [1.29, 1.82) is 0 Å². The minimum atomic E-state index is 0.147. The van der Waals surface area contributed by atoms with Gasteiger partial charge in [0.2, 0.25) is 0 Å². The summed E-state index contributed by atoms with van der Waals surface area (Å²) in [6, 6.07) is 14.8. The Balaban J connectivity index is 2.10. The summed E-state index contributed by atoms with van der Waals surface area (Å²) in [5.41, 5.74) is 9.37. The summed E-state index contributed by atoms with van der Waals surface area (Å²) in [5, 5.41) is 0. The van der Waals surface area contributed by atoms with Crippen LogP contribution in [0.2, 0.25) is 0 Å². The van der Waals surface area contributed by atoms with Crippen LogP contribution in [0, 0.1) is 0 Å². The lowest BCUT2D eigenvalue weighted by Gasteiger charge is -2.27. The highest BCUT2D eigenvalue weighted by Crippen LogP contribution is 2.60. The van der Waals surface area contributed by atoms with E-state index in [1.165, 1.54) is 33.4 Å². The molecule has 1 heteroatoms. The first-order valence-electron chi connectivity index (χ1n) is 12.3. The summed E-state index contributed by atoms with van der Waals surface area (Å²) in [5.74, 6) is 1.06. The number of alkyl halides is 1. The molecule has 176 valence electrons. The molecule has 32 heavy (non-hydrogen) atoms. The minimum absolute atomic E-state index is 0.147. The van der Waals surface area contributed by atoms with E-state index in [0.29, 0.717) is 16.7 Å². The zero-order chi connectivity index (χ0) is 24.4. The Hall–Kier alpha value is -1.08. The first kappa shape index (κ1) is 25.5. The summed E-state index contributed by atoms with van der Waals surface area (Å²) in [4.78, 5) is 0.494. The van der Waals surface area contributed by atoms with Gasteiger partial charge in [-0.15, -0.1) is 0 Å². The van der Waals surface area contributed by atoms with Crippen LogP contribution in [0.4, 0.5) is 0 Å². The van der Waals surface area contributed by atoms with Crippen LogP contribution in [0.15, 0.2) is 36.4 Å². The van der Waals surface area contributed by atoms with E-state index in [4.69, 9.17) is 0 Å². The molecule has 2 aromatic carbocycles. The number of halogens is 1. The van der Waals surface area contributed by atoms with Crippen molar-refractivity contribution in [3.05, 3.63) is 69.8 Å². The van der Waals surface area contributed by atoms with E-state index in [9.17, 15) is 0 Å². The minimum Gasteiger partial charge on any atom is -0.0877 e. The second-order valence-corrected chi connectivity index (χ2v) is 15.2. The molecule has 3 rings (SSSR count). The highest BCUT2D eigenvalue weighted by molar-refractivity contribution is 9.09. The largest absolute Gasteiger partial charge is 0.0877 e. The lowest BCUT2D eigenvalue weighted by atomic mass is 9.78. The quantitative estimate of drug-likeness (QED) is 0.363. The Bertz CT molecular complexity index is 837. The molecular formula is C31H45Br. The predicted molar refractivity (Wildman–Crippen MR) is 146 cm³/mol. The Morgan fingerprint density at radius 3 is 0.844 bits per heavy atom. The van der Waals surface area contributed by atoms with Gasteiger partial charge in [-0.2, -0.15) is 0 Å². The summed E-state index contributed by atoms with van der Waals surface area (Å²) in [7, 11) is 0. The summed E-state index contributed by atoms with van der Waals surface area (Å²) in [6.07, 6.45) is 0. The van der Waals surface area contributed by atoms with Gasteiger partial charge in [0.15, 0.2) is 0 Å². The van der Waals surface area contributed by atoms with Crippen LogP contribution in [-0.4, -0.2) is 4.83 Å². The van der Waals surface area contributed by atoms with Crippen molar-refractivity contribution in [1.82, 2.24) is 0 Å². The molecule has 1 aliphatic carbocycles. The second kappa shape index (κ2) is 8.00. The molecule has 0 aliphatic heterocycles. The number of hydrogen-bond donors (Lipinski definition) is 0. The fraction of sp³-hybridized carbons (Fsp3) is 0.613. The van der Waals surface area contributed by atoms with Crippen molar-refractivity contribution in [3.8, 4) is 0 Å². The van der Waals surface area contributed by atoms with Crippen LogP contribution in [0.25, 0.3) is 0 Å². The maximum atomic E-state index is 4.09. The molecule has 0 radical (unpaired) electrons. The van der Waals surface area contributed by atoms with E-state index in [1.807, 2.05) is 0 Å². The summed E-state index contributed by atoms with van der Waals surface area (Å²) in [6.45, 7) is 28.0. The Morgan fingerprint density at radius 2 is 0.656 bits per heavy atom. The SMILES string of the molecule is CC(C)(C)c1cc([C@H]2C(Br)[C@@H]2c2cc(C(C)(C)C)cc(C(C)(C)C)c2)cc(C(C)(C)C)c1. The summed E-state index contributed by atoms with van der Waals surface area (Å²) >= 11 is 4.09. The Morgan fingerprint density at radius 1 is 0.438 bits per heavy atom. The third kappa shape index (κ3) is 5.35. The van der Waals surface area contributed by atoms with E-state index in [0.717, 1.165) is 0 Å². The molecular weight excluding hydrogens is 452 g/mol. The molecule has 0 nitrogen and oxygen atoms in total. The maximum Gasteiger partial charge on any atom is 0.0295 e. The molecule has 2 aromatic rings. The standard InChI is InChI=1S/C31H45Br/c1-28(2,3)21-13-19(14-22(17-21)29(4,5)6)25-26(27(25)32)20-15-23(30(7,8)9)18-24(16-20)31(10,11)12/h13-18,25-27H,1-12H3/t25-,26-/m1/s1. The number of rotatable bonds is 2. The third-order valence-electron chi connectivity index (χ3n) is 7.08. The van der Waals surface area contributed by atoms with Crippen molar-refractivity contribution >= 4 is 15.9 Å². The van der Waals surface area contributed by atoms with Gasteiger partial charge < -0.3 is 0 Å². The molecule has 0 amide bonds. The topological polar surface area (TPSA) is 0 Å². The monoisotopic (exact) mass is 496 g/mol. The third-order valence-corrected chi connectivity index (χ3v) is 8.22. The Kier molecular flexibility index (Phi) is 6.39. The van der Waals surface area contributed by atoms with Gasteiger partial charge in [0.1, 0.15) is 0 Å². The van der Waals surface area contributed by atoms with Gasteiger partial charge in [0.25, 0.3) is 0 Å². The van der Waals surface area contributed by atoms with Gasteiger partial charge in [0.05, 0.1) is 0 Å². The molecule has 1 saturated carbocycles. The fourth-order valence-corrected chi connectivity index (χ4v) is 5.57. The van der Waals surface area contributed by atoms with Crippen LogP contribution < -0.4 is 0 Å². The first-order valence-corrected chi connectivity index (χ1v) is 13.2. The van der Waals surface area contributed by atoms with Crippen molar-refractivity contribution in [2.24, 2.45) is 0 Å². The highest BCUT2D eigenvalue weighted by Gasteiger charge is 2.51. The van der Waals surface area contributed by atoms with Crippen LogP contribution >= 0.6 is 15.9 Å². The van der Waals surface area contributed by atoms with E-state index in [-0.39, 0.29) is 21.7 Å². The lowest BCUT2D eigenvalue weighted by molar-refractivity contribution is 0.565. The molecule has 1 aliphatic rings. The average Bonchev–Trinajstić information content (AvgIpc) is 3.29. The van der Waals surface area contributed by atoms with Crippen molar-refractivity contribution in [2.75, 3.05) is 0 Å². The average molecular weight is 498 g/mol. The molecule has 0 spiro atoms. The van der Waals surface area contributed by atoms with Gasteiger partial charge in [-0.25, -0.2) is 0 Å². The molecule has 1 fully saturated rings. The van der Waals surface area contributed by atoms with E-state index in [1.54, 1.807) is 0 Å². The van der Waals surface area contributed by atoms with Crippen LogP contribution in [-0.2, 0) is 21.7 Å². The van der Waals surface area contributed by atoms with Gasteiger partial charge in [-0.05, 0) is 55.0 Å². The molecule has 0 heterocycles. The predicted octanol–water partition coefficient (Wildman–Crippen LogP) is 9.52. The molecule has 0 unspecified atom stereocenters. The number of benzene rings is 2.